The van der Waals surface area contributed by atoms with Crippen LogP contribution in [0.2, 0.25) is 0 Å². The van der Waals surface area contributed by atoms with Gasteiger partial charge < -0.3 is 5.32 Å². The van der Waals surface area contributed by atoms with Crippen molar-refractivity contribution in [3.8, 4) is 0 Å². The molecule has 0 radical (unpaired) electrons. The lowest BCUT2D eigenvalue weighted by Gasteiger charge is -2.05. The molecule has 0 aliphatic rings. The van der Waals surface area contributed by atoms with Crippen LogP contribution in [0.3, 0.4) is 0 Å². The van der Waals surface area contributed by atoms with E-state index >= 15 is 0 Å². The molecule has 0 fully saturated rings. The fourth-order valence-corrected chi connectivity index (χ4v) is 1.28. The first-order valence-corrected chi connectivity index (χ1v) is 6.04. The second kappa shape index (κ2) is 6.48. The summed E-state index contributed by atoms with van der Waals surface area (Å²) in [4.78, 5) is 10.9. The van der Waals surface area contributed by atoms with Gasteiger partial charge in [-0.15, -0.1) is 0 Å². The first-order chi connectivity index (χ1) is 5.54. The Morgan fingerprint density at radius 1 is 1.67 bits per heavy atom. The highest BCUT2D eigenvalue weighted by Gasteiger charge is 2.05. The van der Waals surface area contributed by atoms with Gasteiger partial charge in [-0.2, -0.15) is 12.6 Å². The lowest BCUT2D eigenvalue weighted by Crippen LogP contribution is -2.31. The zero-order valence-corrected chi connectivity index (χ0v) is 9.08. The SMILES string of the molecule is CC(S)C(=O)NCCCS(C)=O. The summed E-state index contributed by atoms with van der Waals surface area (Å²) in [6.45, 7) is 2.31. The third-order valence-corrected chi connectivity index (χ3v) is 2.39. The summed E-state index contributed by atoms with van der Waals surface area (Å²) in [7, 11) is -0.761. The predicted molar refractivity (Wildman–Crippen MR) is 55.0 cm³/mol. The van der Waals surface area contributed by atoms with Gasteiger partial charge in [0.2, 0.25) is 5.91 Å². The maximum absolute atomic E-state index is 10.9. The van der Waals surface area contributed by atoms with Gasteiger partial charge in [-0.05, 0) is 13.3 Å². The molecule has 2 unspecified atom stereocenters. The van der Waals surface area contributed by atoms with Crippen LogP contribution in [0.4, 0.5) is 0 Å². The number of nitrogens with one attached hydrogen (secondary N) is 1. The fourth-order valence-electron chi connectivity index (χ4n) is 0.635. The molecule has 2 atom stereocenters. The van der Waals surface area contributed by atoms with Crippen LogP contribution in [0.25, 0.3) is 0 Å². The predicted octanol–water partition coefficient (Wildman–Crippen LogP) is 0.190. The molecule has 0 saturated heterocycles. The second-order valence-corrected chi connectivity index (χ2v) is 4.93. The summed E-state index contributed by atoms with van der Waals surface area (Å²) >= 11 is 3.96. The van der Waals surface area contributed by atoms with E-state index in [1.54, 1.807) is 13.2 Å². The Hall–Kier alpha value is -0.0300. The zero-order valence-electron chi connectivity index (χ0n) is 7.37. The highest BCUT2D eigenvalue weighted by Crippen LogP contribution is 1.91. The molecule has 0 aromatic rings. The van der Waals surface area contributed by atoms with Crippen LogP contribution >= 0.6 is 12.6 Å². The second-order valence-electron chi connectivity index (χ2n) is 2.60. The van der Waals surface area contributed by atoms with Crippen molar-refractivity contribution < 1.29 is 9.00 Å². The van der Waals surface area contributed by atoms with Gasteiger partial charge in [0.05, 0.1) is 5.25 Å². The normalized spacial score (nSPS) is 15.2. The van der Waals surface area contributed by atoms with Gasteiger partial charge in [-0.25, -0.2) is 0 Å². The van der Waals surface area contributed by atoms with Gasteiger partial charge in [0.25, 0.3) is 0 Å². The quantitative estimate of drug-likeness (QED) is 0.501. The van der Waals surface area contributed by atoms with Crippen molar-refractivity contribution in [2.75, 3.05) is 18.6 Å². The highest BCUT2D eigenvalue weighted by atomic mass is 32.2. The van der Waals surface area contributed by atoms with Gasteiger partial charge in [0.1, 0.15) is 0 Å². The zero-order chi connectivity index (χ0) is 9.56. The van der Waals surface area contributed by atoms with Gasteiger partial charge in [-0.3, -0.25) is 9.00 Å². The number of hydrogen-bond donors (Lipinski definition) is 2. The Morgan fingerprint density at radius 2 is 2.25 bits per heavy atom. The van der Waals surface area contributed by atoms with E-state index in [0.29, 0.717) is 12.3 Å². The van der Waals surface area contributed by atoms with Gasteiger partial charge in [0, 0.05) is 29.4 Å². The number of hydrogen-bond acceptors (Lipinski definition) is 3. The first-order valence-electron chi connectivity index (χ1n) is 3.80. The van der Waals surface area contributed by atoms with Crippen molar-refractivity contribution in [1.82, 2.24) is 5.32 Å². The van der Waals surface area contributed by atoms with E-state index in [-0.39, 0.29) is 11.2 Å². The lowest BCUT2D eigenvalue weighted by molar-refractivity contribution is -0.120. The lowest BCUT2D eigenvalue weighted by atomic mass is 10.4. The average Bonchev–Trinajstić information content (AvgIpc) is 1.97. The Bertz CT molecular complexity index is 171. The molecule has 0 spiro atoms. The molecular weight excluding hydrogens is 194 g/mol. The fraction of sp³-hybridized carbons (Fsp3) is 0.857. The molecule has 1 amide bonds. The van der Waals surface area contributed by atoms with Crippen molar-refractivity contribution in [3.05, 3.63) is 0 Å². The van der Waals surface area contributed by atoms with Gasteiger partial charge in [-0.1, -0.05) is 0 Å². The van der Waals surface area contributed by atoms with E-state index in [0.717, 1.165) is 6.42 Å². The first kappa shape index (κ1) is 12.0. The summed E-state index contributed by atoms with van der Waals surface area (Å²) in [6, 6.07) is 0. The number of carbonyl (C=O) groups excluding carboxylic acids is 1. The van der Waals surface area contributed by atoms with E-state index in [4.69, 9.17) is 0 Å². The van der Waals surface area contributed by atoms with Crippen LogP contribution in [0.15, 0.2) is 0 Å². The number of rotatable bonds is 5. The van der Waals surface area contributed by atoms with E-state index in [1.165, 1.54) is 0 Å². The Kier molecular flexibility index (Phi) is 6.47. The maximum atomic E-state index is 10.9. The standard InChI is InChI=1S/C7H15NO2S2/c1-6(11)7(9)8-4-3-5-12(2)10/h6,11H,3-5H2,1-2H3,(H,8,9). The van der Waals surface area contributed by atoms with Crippen molar-refractivity contribution in [2.24, 2.45) is 0 Å². The monoisotopic (exact) mass is 209 g/mol. The molecule has 0 heterocycles. The molecule has 5 heteroatoms. The van der Waals surface area contributed by atoms with E-state index < -0.39 is 10.8 Å². The molecule has 72 valence electrons. The van der Waals surface area contributed by atoms with Crippen LogP contribution in [-0.4, -0.2) is 33.9 Å². The van der Waals surface area contributed by atoms with Gasteiger partial charge >= 0.3 is 0 Å². The molecule has 12 heavy (non-hydrogen) atoms. The van der Waals surface area contributed by atoms with E-state index in [1.807, 2.05) is 0 Å². The van der Waals surface area contributed by atoms with Gasteiger partial charge in [0.15, 0.2) is 0 Å². The Morgan fingerprint density at radius 3 is 2.67 bits per heavy atom. The smallest absolute Gasteiger partial charge is 0.232 e. The van der Waals surface area contributed by atoms with Crippen LogP contribution in [-0.2, 0) is 15.6 Å². The molecule has 0 aromatic heterocycles. The van der Waals surface area contributed by atoms with Crippen LogP contribution in [0.1, 0.15) is 13.3 Å². The number of thiol groups is 1. The summed E-state index contributed by atoms with van der Waals surface area (Å²) in [5.41, 5.74) is 0. The van der Waals surface area contributed by atoms with Crippen molar-refractivity contribution >= 4 is 29.3 Å². The molecule has 0 aliphatic heterocycles. The van der Waals surface area contributed by atoms with E-state index in [2.05, 4.69) is 17.9 Å². The van der Waals surface area contributed by atoms with Crippen molar-refractivity contribution in [3.63, 3.8) is 0 Å². The third kappa shape index (κ3) is 6.67. The van der Waals surface area contributed by atoms with Crippen LogP contribution in [0.5, 0.6) is 0 Å². The summed E-state index contributed by atoms with van der Waals surface area (Å²) in [5, 5.41) is 2.42. The summed E-state index contributed by atoms with van der Waals surface area (Å²) < 4.78 is 10.6. The third-order valence-electron chi connectivity index (χ3n) is 1.29. The minimum absolute atomic E-state index is 0.0692. The number of amides is 1. The molecule has 0 bridgehead atoms. The molecule has 0 saturated carbocycles. The minimum Gasteiger partial charge on any atom is -0.355 e. The molecule has 0 rings (SSSR count). The van der Waals surface area contributed by atoms with Crippen LogP contribution in [0, 0.1) is 0 Å². The molecule has 0 aliphatic carbocycles. The van der Waals surface area contributed by atoms with Crippen LogP contribution < -0.4 is 5.32 Å². The highest BCUT2D eigenvalue weighted by molar-refractivity contribution is 7.84. The maximum Gasteiger partial charge on any atom is 0.232 e. The average molecular weight is 209 g/mol. The molecule has 0 aromatic carbocycles. The molecule has 3 nitrogen and oxygen atoms in total. The Labute approximate surface area is 81.2 Å². The van der Waals surface area contributed by atoms with Crippen molar-refractivity contribution in [1.29, 1.82) is 0 Å². The minimum atomic E-state index is -0.761. The van der Waals surface area contributed by atoms with E-state index in [9.17, 15) is 9.00 Å². The topological polar surface area (TPSA) is 46.2 Å². The summed E-state index contributed by atoms with van der Waals surface area (Å²) in [5.74, 6) is 0.571. The van der Waals surface area contributed by atoms with Crippen molar-refractivity contribution in [2.45, 2.75) is 18.6 Å². The summed E-state index contributed by atoms with van der Waals surface area (Å²) in [6.07, 6.45) is 2.42. The molecular formula is C7H15NO2S2. The Balaban J connectivity index is 3.32. The molecule has 1 N–H and O–H groups in total. The largest absolute Gasteiger partial charge is 0.355 e. The number of carbonyl (C=O) groups is 1.